The molecule has 15 heavy (non-hydrogen) atoms. The smallest absolute Gasteiger partial charge is 0.293 e. The van der Waals surface area contributed by atoms with Crippen molar-refractivity contribution in [2.75, 3.05) is 6.61 Å². The number of carbonyl (C=O) groups excluding carboxylic acids is 1. The van der Waals surface area contributed by atoms with Crippen LogP contribution in [0, 0.1) is 0 Å². The van der Waals surface area contributed by atoms with E-state index in [9.17, 15) is 4.79 Å². The van der Waals surface area contributed by atoms with Crippen molar-refractivity contribution in [1.29, 1.82) is 0 Å². The molecule has 0 fully saturated rings. The molecule has 0 aliphatic heterocycles. The van der Waals surface area contributed by atoms with Gasteiger partial charge in [0.25, 0.3) is 6.47 Å². The summed E-state index contributed by atoms with van der Waals surface area (Å²) in [7, 11) is 0. The van der Waals surface area contributed by atoms with Crippen LogP contribution in [0.3, 0.4) is 0 Å². The van der Waals surface area contributed by atoms with Gasteiger partial charge in [-0.15, -0.1) is 0 Å². The van der Waals surface area contributed by atoms with Gasteiger partial charge in [0.2, 0.25) is 0 Å². The van der Waals surface area contributed by atoms with Crippen LogP contribution >= 0.6 is 15.9 Å². The van der Waals surface area contributed by atoms with E-state index in [1.165, 1.54) is 29.3 Å². The molecular weight excluding hydrogens is 256 g/mol. The van der Waals surface area contributed by atoms with E-state index in [0.717, 1.165) is 0 Å². The third kappa shape index (κ3) is 4.04. The van der Waals surface area contributed by atoms with Crippen LogP contribution < -0.4 is 0 Å². The quantitative estimate of drug-likeness (QED) is 0.772. The minimum absolute atomic E-state index is 0.431. The molecule has 0 bridgehead atoms. The summed E-state index contributed by atoms with van der Waals surface area (Å²) >= 11 is 3.46. The van der Waals surface area contributed by atoms with Crippen molar-refractivity contribution < 1.29 is 9.53 Å². The average Bonchev–Trinajstić information content (AvgIpc) is 2.67. The average molecular weight is 271 g/mol. The van der Waals surface area contributed by atoms with Gasteiger partial charge in [0, 0.05) is 4.47 Å². The first kappa shape index (κ1) is 12.2. The van der Waals surface area contributed by atoms with Crippen LogP contribution in [0.15, 0.2) is 22.7 Å². The molecule has 0 saturated heterocycles. The molecule has 0 N–H and O–H groups in total. The van der Waals surface area contributed by atoms with Crippen LogP contribution in [0.1, 0.15) is 24.5 Å². The summed E-state index contributed by atoms with van der Waals surface area (Å²) in [5, 5.41) is 0. The van der Waals surface area contributed by atoms with E-state index in [4.69, 9.17) is 0 Å². The maximum atomic E-state index is 9.18. The normalized spacial score (nSPS) is 12.4. The maximum Gasteiger partial charge on any atom is 0.293 e. The first-order chi connectivity index (χ1) is 7.27. The van der Waals surface area contributed by atoms with Crippen LogP contribution in [0.2, 0.25) is 0 Å². The summed E-state index contributed by atoms with van der Waals surface area (Å²) in [5.74, 6) is 0. The molecule has 1 aliphatic carbocycles. The summed E-state index contributed by atoms with van der Waals surface area (Å²) in [4.78, 5) is 9.18. The molecule has 0 radical (unpaired) electrons. The number of hydrogen-bond acceptors (Lipinski definition) is 2. The summed E-state index contributed by atoms with van der Waals surface area (Å²) in [5.41, 5.74) is 3.08. The molecule has 1 aromatic carbocycles. The van der Waals surface area contributed by atoms with Gasteiger partial charge in [-0.25, -0.2) is 0 Å². The highest BCUT2D eigenvalue weighted by Crippen LogP contribution is 2.24. The van der Waals surface area contributed by atoms with Gasteiger partial charge < -0.3 is 4.74 Å². The number of rotatable bonds is 2. The third-order valence-electron chi connectivity index (χ3n) is 2.30. The summed E-state index contributed by atoms with van der Waals surface area (Å²) < 4.78 is 5.37. The molecule has 0 aromatic heterocycles. The Balaban J connectivity index is 0.000000195. The minimum atomic E-state index is 0.431. The number of carbonyl (C=O) groups is 1. The second-order valence-corrected chi connectivity index (χ2v) is 4.23. The Morgan fingerprint density at radius 1 is 1.40 bits per heavy atom. The van der Waals surface area contributed by atoms with Crippen molar-refractivity contribution in [1.82, 2.24) is 0 Å². The molecule has 0 unspecified atom stereocenters. The molecule has 0 spiro atoms. The SMILES string of the molecule is Brc1ccc2c(c1)CCC2.CCOC=O. The van der Waals surface area contributed by atoms with Crippen molar-refractivity contribution >= 4 is 22.4 Å². The lowest BCUT2D eigenvalue weighted by Crippen LogP contribution is -1.80. The van der Waals surface area contributed by atoms with Crippen molar-refractivity contribution in [2.24, 2.45) is 0 Å². The zero-order valence-corrected chi connectivity index (χ0v) is 10.4. The second kappa shape index (κ2) is 6.62. The van der Waals surface area contributed by atoms with Gasteiger partial charge in [0.15, 0.2) is 0 Å². The van der Waals surface area contributed by atoms with Gasteiger partial charge in [-0.3, -0.25) is 4.79 Å². The Morgan fingerprint density at radius 3 is 2.73 bits per heavy atom. The molecule has 82 valence electrons. The van der Waals surface area contributed by atoms with Crippen molar-refractivity contribution in [3.8, 4) is 0 Å². The van der Waals surface area contributed by atoms with E-state index in [1.54, 1.807) is 12.5 Å². The van der Waals surface area contributed by atoms with Crippen molar-refractivity contribution in [3.05, 3.63) is 33.8 Å². The lowest BCUT2D eigenvalue weighted by Gasteiger charge is -1.97. The predicted molar refractivity (Wildman–Crippen MR) is 63.9 cm³/mol. The van der Waals surface area contributed by atoms with Crippen LogP contribution in [-0.4, -0.2) is 13.1 Å². The predicted octanol–water partition coefficient (Wildman–Crippen LogP) is 3.12. The zero-order valence-electron chi connectivity index (χ0n) is 8.83. The number of ether oxygens (including phenoxy) is 1. The maximum absolute atomic E-state index is 9.18. The zero-order chi connectivity index (χ0) is 11.1. The standard InChI is InChI=1S/C9H9Br.C3H6O2/c10-9-5-4-7-2-1-3-8(7)6-9;1-2-5-3-4/h4-6H,1-3H2;3H,2H2,1H3. The highest BCUT2D eigenvalue weighted by molar-refractivity contribution is 9.10. The topological polar surface area (TPSA) is 26.3 Å². The number of aryl methyl sites for hydroxylation is 2. The number of halogens is 1. The molecule has 0 heterocycles. The van der Waals surface area contributed by atoms with Crippen LogP contribution in [0.25, 0.3) is 0 Å². The summed E-state index contributed by atoms with van der Waals surface area (Å²) in [6.07, 6.45) is 3.89. The Morgan fingerprint density at radius 2 is 2.13 bits per heavy atom. The lowest BCUT2D eigenvalue weighted by molar-refractivity contribution is -0.128. The number of hydrogen-bond donors (Lipinski definition) is 0. The Bertz CT molecular complexity index is 323. The summed E-state index contributed by atoms with van der Waals surface area (Å²) in [6, 6.07) is 6.60. The molecule has 0 atom stereocenters. The van der Waals surface area contributed by atoms with Gasteiger partial charge in [0.1, 0.15) is 0 Å². The minimum Gasteiger partial charge on any atom is -0.468 e. The molecular formula is C12H15BrO2. The lowest BCUT2D eigenvalue weighted by atomic mass is 10.1. The molecule has 2 nitrogen and oxygen atoms in total. The first-order valence-electron chi connectivity index (χ1n) is 5.10. The number of fused-ring (bicyclic) bond motifs is 1. The van der Waals surface area contributed by atoms with Gasteiger partial charge >= 0.3 is 0 Å². The molecule has 0 saturated carbocycles. The molecule has 0 amide bonds. The van der Waals surface area contributed by atoms with Crippen LogP contribution in [0.5, 0.6) is 0 Å². The molecule has 1 aliphatic rings. The van der Waals surface area contributed by atoms with Crippen LogP contribution in [0.4, 0.5) is 0 Å². The fraction of sp³-hybridized carbons (Fsp3) is 0.417. The van der Waals surface area contributed by atoms with E-state index < -0.39 is 0 Å². The van der Waals surface area contributed by atoms with Gasteiger partial charge in [-0.2, -0.15) is 0 Å². The van der Waals surface area contributed by atoms with E-state index in [-0.39, 0.29) is 0 Å². The Labute approximate surface area is 98.8 Å². The molecule has 3 heteroatoms. The monoisotopic (exact) mass is 270 g/mol. The second-order valence-electron chi connectivity index (χ2n) is 3.32. The van der Waals surface area contributed by atoms with E-state index in [2.05, 4.69) is 38.9 Å². The highest BCUT2D eigenvalue weighted by atomic mass is 79.9. The van der Waals surface area contributed by atoms with Gasteiger partial charge in [0.05, 0.1) is 6.61 Å². The largest absolute Gasteiger partial charge is 0.468 e. The highest BCUT2D eigenvalue weighted by Gasteiger charge is 2.09. The van der Waals surface area contributed by atoms with Crippen LogP contribution in [-0.2, 0) is 22.4 Å². The number of benzene rings is 1. The first-order valence-corrected chi connectivity index (χ1v) is 5.89. The Kier molecular flexibility index (Phi) is 5.40. The van der Waals surface area contributed by atoms with E-state index in [1.807, 2.05) is 0 Å². The third-order valence-corrected chi connectivity index (χ3v) is 2.79. The fourth-order valence-electron chi connectivity index (χ4n) is 1.61. The molecule has 1 aromatic rings. The van der Waals surface area contributed by atoms with Gasteiger partial charge in [-0.1, -0.05) is 22.0 Å². The molecule has 2 rings (SSSR count). The van der Waals surface area contributed by atoms with E-state index >= 15 is 0 Å². The van der Waals surface area contributed by atoms with Gasteiger partial charge in [-0.05, 0) is 49.4 Å². The summed E-state index contributed by atoms with van der Waals surface area (Å²) in [6.45, 7) is 2.66. The Hall–Kier alpha value is -0.830. The van der Waals surface area contributed by atoms with Crippen molar-refractivity contribution in [3.63, 3.8) is 0 Å². The van der Waals surface area contributed by atoms with Crippen molar-refractivity contribution in [2.45, 2.75) is 26.2 Å². The van der Waals surface area contributed by atoms with E-state index in [0.29, 0.717) is 13.1 Å². The fourth-order valence-corrected chi connectivity index (χ4v) is 2.02.